The van der Waals surface area contributed by atoms with Crippen molar-refractivity contribution < 1.29 is 54.0 Å². The lowest BCUT2D eigenvalue weighted by Crippen LogP contribution is -2.35. The Kier molecular flexibility index (Phi) is 34.4. The van der Waals surface area contributed by atoms with Gasteiger partial charge in [-0.05, 0) is 275 Å². The molecule has 4 aliphatic heterocycles. The maximum atomic E-state index is 11.0. The summed E-state index contributed by atoms with van der Waals surface area (Å²) in [6.07, 6.45) is 38.0. The van der Waals surface area contributed by atoms with E-state index in [-0.39, 0.29) is 78.8 Å². The monoisotopic (exact) mass is 1790 g/mol. The van der Waals surface area contributed by atoms with Crippen LogP contribution in [0.2, 0.25) is 0 Å². The second-order valence-corrected chi connectivity index (χ2v) is 53.0. The van der Waals surface area contributed by atoms with Gasteiger partial charge in [-0.1, -0.05) is 347 Å². The first-order chi connectivity index (χ1) is 60.4. The highest BCUT2D eigenvalue weighted by Gasteiger charge is 2.42. The third-order valence-electron chi connectivity index (χ3n) is 32.0. The Morgan fingerprint density at radius 2 is 0.431 bits per heavy atom. The van der Waals surface area contributed by atoms with Gasteiger partial charge in [-0.15, -0.1) is 0 Å². The van der Waals surface area contributed by atoms with Gasteiger partial charge in [0.25, 0.3) is 0 Å². The van der Waals surface area contributed by atoms with Crippen LogP contribution in [0.3, 0.4) is 0 Å². The third kappa shape index (κ3) is 27.0. The predicted octanol–water partition coefficient (Wildman–Crippen LogP) is 32.0. The summed E-state index contributed by atoms with van der Waals surface area (Å²) in [4.78, 5) is 0. The van der Waals surface area contributed by atoms with Crippen LogP contribution in [0.4, 0.5) is 0 Å². The van der Waals surface area contributed by atoms with E-state index >= 15 is 0 Å². The van der Waals surface area contributed by atoms with Gasteiger partial charge in [0.1, 0.15) is 28.7 Å². The lowest BCUT2D eigenvalue weighted by Gasteiger charge is -2.35. The van der Waals surface area contributed by atoms with Gasteiger partial charge in [0.05, 0.1) is 51.8 Å². The van der Waals surface area contributed by atoms with E-state index in [0.29, 0.717) is 71.7 Å². The highest BCUT2D eigenvalue weighted by Crippen LogP contribution is 2.53. The van der Waals surface area contributed by atoms with Crippen molar-refractivity contribution in [1.82, 2.24) is 0 Å². The molecule has 0 bridgehead atoms. The quantitative estimate of drug-likeness (QED) is 0.0907. The standard InChI is InChI=1S/C25H40O.2C24H38O2.2C23H36O3/c1-24(2,3)21-15-20(16-22(23(21)26)25(4,5)6)19-13-11-18(12-14-19)17-9-7-8-10-17;1-23(2,3)19-13-18(14-20(22(19)25)24(4,5)6)17-11-12-21(26-15-17)16-9-7-8-10-16;1-23(2,3)19-13-18(14-20(22(19)25)24(4,5)6)21-12-11-17(15-26-21)16-9-7-8-10-16;1-22(2,3)18-11-16(12-19(20(18)24)23(4,5)6)17-13-25-21(26-14-17)15-9-7-8-10-15;1-22(2,3)18-11-16(12-19(20(18)24)23(4,5)6)21-25-13-17(14-26-21)15-9-7-8-10-15/h15-19,26H,7-14H2,1-6H3;2*13-14,16-17,21,25H,7-12,15H2,1-6H3;2*11-12,15,17,21,24H,7-10,13-14H2,1-6H3. The van der Waals surface area contributed by atoms with Crippen molar-refractivity contribution in [2.75, 3.05) is 39.6 Å². The summed E-state index contributed by atoms with van der Waals surface area (Å²) < 4.78 is 37.3. The van der Waals surface area contributed by atoms with Crippen LogP contribution in [0.15, 0.2) is 60.7 Å². The van der Waals surface area contributed by atoms with E-state index in [4.69, 9.17) is 28.4 Å². The van der Waals surface area contributed by atoms with Crippen LogP contribution in [0, 0.1) is 47.3 Å². The highest BCUT2D eigenvalue weighted by molar-refractivity contribution is 5.55. The van der Waals surface area contributed by atoms with E-state index in [1.54, 1.807) is 0 Å². The minimum absolute atomic E-state index is 0.0185. The normalized spacial score (nSPS) is 25.6. The smallest absolute Gasteiger partial charge is 0.183 e. The fourth-order valence-electron chi connectivity index (χ4n) is 23.6. The first kappa shape index (κ1) is 105. The van der Waals surface area contributed by atoms with Crippen LogP contribution in [-0.2, 0) is 82.6 Å². The zero-order valence-electron chi connectivity index (χ0n) is 88.2. The molecule has 15 rings (SSSR count). The Bertz CT molecular complexity index is 3580. The molecular weight excluding hydrogens is 1610 g/mol. The average Bonchev–Trinajstić information content (AvgIpc) is 1.12. The maximum Gasteiger partial charge on any atom is 0.183 e. The summed E-state index contributed by atoms with van der Waals surface area (Å²) in [5.41, 5.74) is 15.9. The van der Waals surface area contributed by atoms with Gasteiger partial charge in [0.2, 0.25) is 0 Å². The molecule has 10 aliphatic rings. The number of hydrogen-bond acceptors (Lipinski definition) is 11. The zero-order valence-corrected chi connectivity index (χ0v) is 88.2. The molecule has 4 heterocycles. The fraction of sp³-hybridized carbons (Fsp3) is 0.748. The van der Waals surface area contributed by atoms with E-state index < -0.39 is 0 Å². The molecule has 5 aromatic rings. The van der Waals surface area contributed by atoms with Crippen LogP contribution >= 0.6 is 0 Å². The molecule has 5 aromatic carbocycles. The summed E-state index contributed by atoms with van der Waals surface area (Å²) in [5, 5.41) is 54.6. The second kappa shape index (κ2) is 42.5. The molecule has 4 atom stereocenters. The van der Waals surface area contributed by atoms with E-state index in [0.717, 1.165) is 130 Å². The van der Waals surface area contributed by atoms with Crippen LogP contribution in [0.5, 0.6) is 28.7 Å². The van der Waals surface area contributed by atoms with E-state index in [1.165, 1.54) is 196 Å². The van der Waals surface area contributed by atoms with E-state index in [1.807, 2.05) is 0 Å². The van der Waals surface area contributed by atoms with Crippen LogP contribution in [-0.4, -0.2) is 77.6 Å². The molecule has 730 valence electrons. The van der Waals surface area contributed by atoms with E-state index in [9.17, 15) is 25.5 Å². The molecule has 130 heavy (non-hydrogen) atoms. The SMILES string of the molecule is CC(C)(C)c1cc(C2CCC(C3CCCC3)CC2)cc(C(C)(C)C)c1O.CC(C)(C)c1cc(C2CCC(C3CCCC3)CO2)cc(C(C)(C)C)c1O.CC(C)(C)c1cc(C2CCC(C3CCCC3)OC2)cc(C(C)(C)C)c1O.CC(C)(C)c1cc(C2COC(C3CCCC3)OC2)cc(C(C)(C)C)c1O.CC(C)(C)c1cc(C2OCC(C3CCCC3)CO2)cc(C(C)(C)C)c1O. The number of benzene rings is 5. The summed E-state index contributed by atoms with van der Waals surface area (Å²) >= 11 is 0. The van der Waals surface area contributed by atoms with Crippen molar-refractivity contribution in [3.63, 3.8) is 0 Å². The number of aromatic hydroxyl groups is 5. The minimum Gasteiger partial charge on any atom is -0.507 e. The zero-order chi connectivity index (χ0) is 95.6. The van der Waals surface area contributed by atoms with Gasteiger partial charge in [-0.3, -0.25) is 0 Å². The number of hydrogen-bond donors (Lipinski definition) is 5. The van der Waals surface area contributed by atoms with Gasteiger partial charge < -0.3 is 54.0 Å². The van der Waals surface area contributed by atoms with Gasteiger partial charge in [-0.25, -0.2) is 0 Å². The predicted molar refractivity (Wildman–Crippen MR) is 542 cm³/mol. The van der Waals surface area contributed by atoms with E-state index in [2.05, 4.69) is 268 Å². The molecule has 4 saturated heterocycles. The average molecular weight is 1790 g/mol. The summed E-state index contributed by atoms with van der Waals surface area (Å²) in [6, 6.07) is 22.0. The van der Waals surface area contributed by atoms with Crippen molar-refractivity contribution in [3.05, 3.63) is 144 Å². The molecule has 5 N–H and O–H groups in total. The van der Waals surface area contributed by atoms with Gasteiger partial charge >= 0.3 is 0 Å². The van der Waals surface area contributed by atoms with Gasteiger partial charge in [0.15, 0.2) is 12.6 Å². The van der Waals surface area contributed by atoms with Crippen LogP contribution in [0.25, 0.3) is 0 Å². The molecule has 0 spiro atoms. The largest absolute Gasteiger partial charge is 0.507 e. The molecule has 6 aliphatic carbocycles. The van der Waals surface area contributed by atoms with Crippen molar-refractivity contribution >= 4 is 0 Å². The Morgan fingerprint density at radius 1 is 0.192 bits per heavy atom. The molecule has 0 radical (unpaired) electrons. The molecule has 0 amide bonds. The maximum absolute atomic E-state index is 11.0. The summed E-state index contributed by atoms with van der Waals surface area (Å²) in [7, 11) is 0. The number of phenols is 5. The minimum atomic E-state index is -0.324. The Morgan fingerprint density at radius 3 is 0.731 bits per heavy atom. The summed E-state index contributed by atoms with van der Waals surface area (Å²) in [6.45, 7) is 70.0. The molecule has 6 saturated carbocycles. The fourth-order valence-corrected chi connectivity index (χ4v) is 23.6. The first-order valence-electron chi connectivity index (χ1n) is 52.4. The number of phenolic OH excluding ortho intramolecular Hbond substituents is 5. The molecule has 10 fully saturated rings. The Labute approximate surface area is 793 Å². The van der Waals surface area contributed by atoms with Crippen LogP contribution in [0.1, 0.15) is 501 Å². The number of ether oxygens (including phenoxy) is 6. The van der Waals surface area contributed by atoms with Crippen molar-refractivity contribution in [2.24, 2.45) is 47.3 Å². The molecular formula is C119H188O11. The topological polar surface area (TPSA) is 157 Å². The first-order valence-corrected chi connectivity index (χ1v) is 52.4. The molecule has 0 aromatic heterocycles. The Balaban J connectivity index is 0.000000157. The lowest BCUT2D eigenvalue weighted by molar-refractivity contribution is -0.212. The molecule has 11 nitrogen and oxygen atoms in total. The Hall–Kier alpha value is -5.14. The van der Waals surface area contributed by atoms with Gasteiger partial charge in [0, 0.05) is 29.2 Å². The van der Waals surface area contributed by atoms with Crippen molar-refractivity contribution in [3.8, 4) is 28.7 Å². The van der Waals surface area contributed by atoms with Crippen molar-refractivity contribution in [1.29, 1.82) is 0 Å². The molecule has 11 heteroatoms. The molecule has 4 unspecified atom stereocenters. The third-order valence-corrected chi connectivity index (χ3v) is 32.0. The summed E-state index contributed by atoms with van der Waals surface area (Å²) in [5.74, 6) is 10.0. The number of rotatable bonds is 10. The van der Waals surface area contributed by atoms with Gasteiger partial charge in [-0.2, -0.15) is 0 Å². The lowest BCUT2D eigenvalue weighted by atomic mass is 9.71. The second-order valence-electron chi connectivity index (χ2n) is 53.0. The highest BCUT2D eigenvalue weighted by atomic mass is 16.7. The van der Waals surface area contributed by atoms with Crippen molar-refractivity contribution in [2.45, 2.75) is 484 Å². The van der Waals surface area contributed by atoms with Crippen LogP contribution < -0.4 is 0 Å².